The van der Waals surface area contributed by atoms with E-state index in [9.17, 15) is 4.79 Å². The first kappa shape index (κ1) is 14.8. The van der Waals surface area contributed by atoms with Crippen molar-refractivity contribution in [3.8, 4) is 0 Å². The lowest BCUT2D eigenvalue weighted by molar-refractivity contribution is -0.121. The molecule has 0 aliphatic carbocycles. The van der Waals surface area contributed by atoms with Crippen LogP contribution < -0.4 is 5.32 Å². The summed E-state index contributed by atoms with van der Waals surface area (Å²) in [5, 5.41) is 9.68. The van der Waals surface area contributed by atoms with Crippen LogP contribution in [0.3, 0.4) is 0 Å². The van der Waals surface area contributed by atoms with Gasteiger partial charge in [0.2, 0.25) is 5.91 Å². The second-order valence-electron chi connectivity index (χ2n) is 5.68. The standard InChI is InChI=1S/C16H22N4O2/c21-16(6-5-13-10-18-19-11-13)17-12-14(15-4-3-9-22-15)20-7-1-2-8-20/h3-4,9-11,14H,1-2,5-8,12H2,(H,17,21)(H,18,19). The molecule has 118 valence electrons. The molecule has 3 heterocycles. The molecule has 6 nitrogen and oxygen atoms in total. The van der Waals surface area contributed by atoms with Crippen molar-refractivity contribution < 1.29 is 9.21 Å². The van der Waals surface area contributed by atoms with Crippen LogP contribution in [0.4, 0.5) is 0 Å². The molecule has 3 rings (SSSR count). The molecule has 1 aliphatic rings. The van der Waals surface area contributed by atoms with Gasteiger partial charge in [-0.25, -0.2) is 0 Å². The van der Waals surface area contributed by atoms with Crippen LogP contribution in [0, 0.1) is 0 Å². The fraction of sp³-hybridized carbons (Fsp3) is 0.500. The fourth-order valence-corrected chi connectivity index (χ4v) is 2.91. The Morgan fingerprint density at radius 1 is 1.45 bits per heavy atom. The van der Waals surface area contributed by atoms with Crippen molar-refractivity contribution in [1.82, 2.24) is 20.4 Å². The number of rotatable bonds is 7. The Morgan fingerprint density at radius 3 is 3.00 bits per heavy atom. The highest BCUT2D eigenvalue weighted by atomic mass is 16.3. The molecule has 0 aromatic carbocycles. The van der Waals surface area contributed by atoms with Crippen LogP contribution in [0.5, 0.6) is 0 Å². The van der Waals surface area contributed by atoms with Crippen molar-refractivity contribution in [3.05, 3.63) is 42.1 Å². The zero-order valence-electron chi connectivity index (χ0n) is 12.6. The minimum atomic E-state index is 0.0666. The second-order valence-corrected chi connectivity index (χ2v) is 5.68. The van der Waals surface area contributed by atoms with E-state index in [2.05, 4.69) is 20.4 Å². The molecule has 1 aliphatic heterocycles. The molecule has 1 saturated heterocycles. The Hall–Kier alpha value is -2.08. The summed E-state index contributed by atoms with van der Waals surface area (Å²) in [6.45, 7) is 2.73. The molecule has 2 N–H and O–H groups in total. The van der Waals surface area contributed by atoms with Crippen molar-refractivity contribution in [3.63, 3.8) is 0 Å². The maximum atomic E-state index is 12.0. The van der Waals surface area contributed by atoms with Crippen LogP contribution in [0.2, 0.25) is 0 Å². The zero-order chi connectivity index (χ0) is 15.2. The van der Waals surface area contributed by atoms with Gasteiger partial charge in [0.15, 0.2) is 0 Å². The van der Waals surface area contributed by atoms with Crippen LogP contribution in [0.1, 0.15) is 36.6 Å². The first-order valence-corrected chi connectivity index (χ1v) is 7.85. The highest BCUT2D eigenvalue weighted by Crippen LogP contribution is 2.24. The predicted molar refractivity (Wildman–Crippen MR) is 82.2 cm³/mol. The molecule has 1 atom stereocenters. The third-order valence-electron chi connectivity index (χ3n) is 4.14. The molecule has 0 bridgehead atoms. The number of nitrogens with zero attached hydrogens (tertiary/aromatic N) is 2. The van der Waals surface area contributed by atoms with Crippen LogP contribution in [-0.4, -0.2) is 40.6 Å². The number of H-pyrrole nitrogens is 1. The number of carbonyl (C=O) groups excluding carboxylic acids is 1. The minimum absolute atomic E-state index is 0.0666. The molecule has 1 unspecified atom stereocenters. The summed E-state index contributed by atoms with van der Waals surface area (Å²) in [4.78, 5) is 14.4. The summed E-state index contributed by atoms with van der Waals surface area (Å²) in [5.74, 6) is 0.994. The van der Waals surface area contributed by atoms with Gasteiger partial charge in [-0.2, -0.15) is 5.10 Å². The summed E-state index contributed by atoms with van der Waals surface area (Å²) in [6, 6.07) is 4.02. The van der Waals surface area contributed by atoms with E-state index in [-0.39, 0.29) is 11.9 Å². The molecule has 0 radical (unpaired) electrons. The first-order valence-electron chi connectivity index (χ1n) is 7.85. The summed E-state index contributed by atoms with van der Waals surface area (Å²) in [6.07, 6.45) is 8.88. The van der Waals surface area contributed by atoms with Gasteiger partial charge in [-0.3, -0.25) is 14.8 Å². The Kier molecular flexibility index (Phi) is 4.90. The lowest BCUT2D eigenvalue weighted by Gasteiger charge is -2.26. The molecule has 6 heteroatoms. The smallest absolute Gasteiger partial charge is 0.220 e. The van der Waals surface area contributed by atoms with Gasteiger partial charge in [0, 0.05) is 19.2 Å². The Bertz CT molecular complexity index is 559. The van der Waals surface area contributed by atoms with Crippen LogP contribution in [0.15, 0.2) is 35.2 Å². The molecule has 22 heavy (non-hydrogen) atoms. The van der Waals surface area contributed by atoms with Gasteiger partial charge in [0.1, 0.15) is 5.76 Å². The van der Waals surface area contributed by atoms with Crippen molar-refractivity contribution in [2.24, 2.45) is 0 Å². The van der Waals surface area contributed by atoms with E-state index in [0.29, 0.717) is 19.4 Å². The highest BCUT2D eigenvalue weighted by Gasteiger charge is 2.25. The molecule has 0 spiro atoms. The SMILES string of the molecule is O=C(CCc1cn[nH]c1)NCC(c1ccco1)N1CCCC1. The zero-order valence-corrected chi connectivity index (χ0v) is 12.6. The molecule has 2 aromatic rings. The number of amides is 1. The quantitative estimate of drug-likeness (QED) is 0.819. The van der Waals surface area contributed by atoms with Gasteiger partial charge < -0.3 is 9.73 Å². The third kappa shape index (κ3) is 3.76. The topological polar surface area (TPSA) is 74.2 Å². The molecular formula is C16H22N4O2. The summed E-state index contributed by atoms with van der Waals surface area (Å²) < 4.78 is 5.55. The van der Waals surface area contributed by atoms with E-state index >= 15 is 0 Å². The molecule has 1 fully saturated rings. The summed E-state index contributed by atoms with van der Waals surface area (Å²) in [7, 11) is 0. The van der Waals surface area contributed by atoms with Crippen molar-refractivity contribution in [2.75, 3.05) is 19.6 Å². The van der Waals surface area contributed by atoms with E-state index in [0.717, 1.165) is 24.4 Å². The number of likely N-dealkylation sites (tertiary alicyclic amines) is 1. The number of furan rings is 1. The average Bonchev–Trinajstić information content (AvgIpc) is 3.27. The van der Waals surface area contributed by atoms with Crippen LogP contribution in [0.25, 0.3) is 0 Å². The number of carbonyl (C=O) groups is 1. The number of hydrogen-bond donors (Lipinski definition) is 2. The average molecular weight is 302 g/mol. The summed E-state index contributed by atoms with van der Waals surface area (Å²) in [5.41, 5.74) is 1.05. The summed E-state index contributed by atoms with van der Waals surface area (Å²) >= 11 is 0. The number of aryl methyl sites for hydroxylation is 1. The maximum Gasteiger partial charge on any atom is 0.220 e. The van der Waals surface area contributed by atoms with E-state index in [1.807, 2.05) is 18.3 Å². The van der Waals surface area contributed by atoms with Gasteiger partial charge in [-0.05, 0) is 50.0 Å². The predicted octanol–water partition coefficient (Wildman–Crippen LogP) is 1.89. The fourth-order valence-electron chi connectivity index (χ4n) is 2.91. The van der Waals surface area contributed by atoms with Gasteiger partial charge in [0.25, 0.3) is 0 Å². The number of hydrogen-bond acceptors (Lipinski definition) is 4. The van der Waals surface area contributed by atoms with E-state index in [1.54, 1.807) is 12.5 Å². The normalized spacial score (nSPS) is 16.7. The van der Waals surface area contributed by atoms with E-state index < -0.39 is 0 Å². The van der Waals surface area contributed by atoms with E-state index in [1.165, 1.54) is 12.8 Å². The molecule has 0 saturated carbocycles. The number of nitrogens with one attached hydrogen (secondary N) is 2. The monoisotopic (exact) mass is 302 g/mol. The molecular weight excluding hydrogens is 280 g/mol. The Morgan fingerprint density at radius 2 is 2.32 bits per heavy atom. The molecule has 2 aromatic heterocycles. The lowest BCUT2D eigenvalue weighted by Crippen LogP contribution is -2.36. The van der Waals surface area contributed by atoms with Gasteiger partial charge in [-0.1, -0.05) is 0 Å². The Balaban J connectivity index is 1.51. The number of aromatic amines is 1. The van der Waals surface area contributed by atoms with Gasteiger partial charge >= 0.3 is 0 Å². The third-order valence-corrected chi connectivity index (χ3v) is 4.14. The second kappa shape index (κ2) is 7.26. The minimum Gasteiger partial charge on any atom is -0.468 e. The lowest BCUT2D eigenvalue weighted by atomic mass is 10.1. The van der Waals surface area contributed by atoms with Crippen molar-refractivity contribution >= 4 is 5.91 Å². The maximum absolute atomic E-state index is 12.0. The Labute approximate surface area is 129 Å². The first-order chi connectivity index (χ1) is 10.8. The van der Waals surface area contributed by atoms with Crippen molar-refractivity contribution in [1.29, 1.82) is 0 Å². The molecule has 1 amide bonds. The van der Waals surface area contributed by atoms with E-state index in [4.69, 9.17) is 4.42 Å². The van der Waals surface area contributed by atoms with Crippen molar-refractivity contribution in [2.45, 2.75) is 31.7 Å². The van der Waals surface area contributed by atoms with Gasteiger partial charge in [-0.15, -0.1) is 0 Å². The van der Waals surface area contributed by atoms with Gasteiger partial charge in [0.05, 0.1) is 18.5 Å². The largest absolute Gasteiger partial charge is 0.468 e. The highest BCUT2D eigenvalue weighted by molar-refractivity contribution is 5.76. The number of aromatic nitrogens is 2. The van der Waals surface area contributed by atoms with Crippen LogP contribution >= 0.6 is 0 Å². The van der Waals surface area contributed by atoms with Crippen LogP contribution in [-0.2, 0) is 11.2 Å².